The van der Waals surface area contributed by atoms with Crippen LogP contribution in [0.2, 0.25) is 0 Å². The first-order valence-electron chi connectivity index (χ1n) is 6.73. The summed E-state index contributed by atoms with van der Waals surface area (Å²) < 4.78 is 31.7. The SMILES string of the molecule is C[N+]1(CC#N)CCNCC1.O=S(=O)([O-])Cc1ccccc1. The van der Waals surface area contributed by atoms with E-state index in [2.05, 4.69) is 18.4 Å². The number of nitrogens with one attached hydrogen (secondary N) is 1. The van der Waals surface area contributed by atoms with Gasteiger partial charge in [-0.05, 0) is 5.56 Å². The Kier molecular flexibility index (Phi) is 6.78. The Morgan fingerprint density at radius 3 is 2.33 bits per heavy atom. The van der Waals surface area contributed by atoms with Crippen LogP contribution >= 0.6 is 0 Å². The van der Waals surface area contributed by atoms with E-state index in [0.29, 0.717) is 12.1 Å². The Hall–Kier alpha value is -1.46. The van der Waals surface area contributed by atoms with E-state index in [0.717, 1.165) is 30.7 Å². The van der Waals surface area contributed by atoms with Crippen LogP contribution in [0.5, 0.6) is 0 Å². The lowest BCUT2D eigenvalue weighted by atomic mass is 10.2. The molecule has 1 aromatic carbocycles. The van der Waals surface area contributed by atoms with Crippen LogP contribution in [0.4, 0.5) is 0 Å². The van der Waals surface area contributed by atoms with Crippen molar-refractivity contribution in [3.8, 4) is 6.07 Å². The van der Waals surface area contributed by atoms with Crippen molar-refractivity contribution in [2.24, 2.45) is 0 Å². The van der Waals surface area contributed by atoms with Gasteiger partial charge in [-0.3, -0.25) is 0 Å². The summed E-state index contributed by atoms with van der Waals surface area (Å²) in [6.07, 6.45) is 0. The third kappa shape index (κ3) is 7.78. The van der Waals surface area contributed by atoms with Crippen LogP contribution in [0, 0.1) is 11.3 Å². The molecule has 2 rings (SSSR count). The monoisotopic (exact) mass is 311 g/mol. The number of benzene rings is 1. The summed E-state index contributed by atoms with van der Waals surface area (Å²) in [5.74, 6) is -0.423. The Labute approximate surface area is 126 Å². The molecule has 1 aliphatic rings. The zero-order valence-corrected chi connectivity index (χ0v) is 13.0. The third-order valence-corrected chi connectivity index (χ3v) is 3.98. The Balaban J connectivity index is 0.000000211. The molecule has 0 aromatic heterocycles. The van der Waals surface area contributed by atoms with Crippen molar-refractivity contribution in [2.75, 3.05) is 39.8 Å². The first-order chi connectivity index (χ1) is 9.85. The summed E-state index contributed by atoms with van der Waals surface area (Å²) >= 11 is 0. The number of likely N-dealkylation sites (N-methyl/N-ethyl adjacent to an activating group) is 1. The summed E-state index contributed by atoms with van der Waals surface area (Å²) in [4.78, 5) is 0. The van der Waals surface area contributed by atoms with Gasteiger partial charge < -0.3 is 14.4 Å². The fourth-order valence-corrected chi connectivity index (χ4v) is 2.64. The normalized spacial score (nSPS) is 17.2. The summed E-state index contributed by atoms with van der Waals surface area (Å²) in [5, 5.41) is 11.8. The van der Waals surface area contributed by atoms with Gasteiger partial charge in [0.05, 0.1) is 36.0 Å². The topological polar surface area (TPSA) is 93.0 Å². The second-order valence-electron chi connectivity index (χ2n) is 5.32. The van der Waals surface area contributed by atoms with E-state index in [9.17, 15) is 13.0 Å². The molecule has 116 valence electrons. The van der Waals surface area contributed by atoms with Gasteiger partial charge in [-0.1, -0.05) is 30.3 Å². The van der Waals surface area contributed by atoms with Crippen LogP contribution in [0.1, 0.15) is 5.56 Å². The average molecular weight is 311 g/mol. The molecule has 6 nitrogen and oxygen atoms in total. The molecule has 1 N–H and O–H groups in total. The Morgan fingerprint density at radius 1 is 1.29 bits per heavy atom. The van der Waals surface area contributed by atoms with E-state index in [1.165, 1.54) is 0 Å². The molecule has 1 heterocycles. The van der Waals surface area contributed by atoms with Crippen molar-refractivity contribution in [1.82, 2.24) is 5.32 Å². The summed E-state index contributed by atoms with van der Waals surface area (Å²) in [6.45, 7) is 4.94. The van der Waals surface area contributed by atoms with E-state index >= 15 is 0 Å². The van der Waals surface area contributed by atoms with Gasteiger partial charge in [-0.2, -0.15) is 5.26 Å². The molecule has 1 fully saturated rings. The fourth-order valence-electron chi connectivity index (χ4n) is 2.04. The van der Waals surface area contributed by atoms with Crippen LogP contribution in [-0.4, -0.2) is 57.2 Å². The molecule has 1 saturated heterocycles. The first kappa shape index (κ1) is 17.6. The maximum atomic E-state index is 10.2. The third-order valence-electron chi connectivity index (χ3n) is 3.30. The number of hydrogen-bond donors (Lipinski definition) is 1. The molecule has 7 heteroatoms. The molecule has 1 aromatic rings. The quantitative estimate of drug-likeness (QED) is 0.492. The van der Waals surface area contributed by atoms with Gasteiger partial charge in [-0.25, -0.2) is 8.42 Å². The number of nitrogens with zero attached hydrogens (tertiary/aromatic N) is 2. The zero-order chi connectivity index (χ0) is 15.8. The predicted octanol–water partition coefficient (Wildman–Crippen LogP) is 0.292. The van der Waals surface area contributed by atoms with Gasteiger partial charge in [0.1, 0.15) is 6.07 Å². The lowest BCUT2D eigenvalue weighted by Gasteiger charge is -2.35. The Morgan fingerprint density at radius 2 is 1.86 bits per heavy atom. The summed E-state index contributed by atoms with van der Waals surface area (Å²) in [7, 11) is -1.98. The molecule has 0 unspecified atom stereocenters. The van der Waals surface area contributed by atoms with Gasteiger partial charge in [0, 0.05) is 13.1 Å². The summed E-state index contributed by atoms with van der Waals surface area (Å²) in [5.41, 5.74) is 0.530. The van der Waals surface area contributed by atoms with E-state index in [-0.39, 0.29) is 0 Å². The maximum absolute atomic E-state index is 10.2. The highest BCUT2D eigenvalue weighted by atomic mass is 32.2. The van der Waals surface area contributed by atoms with Crippen LogP contribution in [0.3, 0.4) is 0 Å². The van der Waals surface area contributed by atoms with Crippen LogP contribution < -0.4 is 5.32 Å². The standard InChI is InChI=1S/C7H14N3.C7H8O3S/c1-10(5-2-8)6-3-9-4-7-10;8-11(9,10)6-7-4-2-1-3-5-7/h9H,3-7H2,1H3;1-5H,6H2,(H,8,9,10)/q+1;/p-1. The molecule has 1 aliphatic heterocycles. The molecule has 0 spiro atoms. The maximum Gasteiger partial charge on any atom is 0.166 e. The second kappa shape index (κ2) is 8.10. The van der Waals surface area contributed by atoms with E-state index < -0.39 is 15.9 Å². The number of nitriles is 1. The molecular weight excluding hydrogens is 290 g/mol. The Bertz CT molecular complexity index is 561. The molecule has 0 radical (unpaired) electrons. The van der Waals surface area contributed by atoms with Crippen molar-refractivity contribution in [3.05, 3.63) is 35.9 Å². The lowest BCUT2D eigenvalue weighted by molar-refractivity contribution is -0.904. The smallest absolute Gasteiger partial charge is 0.166 e. The van der Waals surface area contributed by atoms with Crippen molar-refractivity contribution in [2.45, 2.75) is 5.75 Å². The number of rotatable bonds is 3. The van der Waals surface area contributed by atoms with E-state index in [4.69, 9.17) is 5.26 Å². The molecule has 0 saturated carbocycles. The fraction of sp³-hybridized carbons (Fsp3) is 0.500. The lowest BCUT2D eigenvalue weighted by Crippen LogP contribution is -2.56. The second-order valence-corrected chi connectivity index (χ2v) is 6.72. The molecule has 0 atom stereocenters. The molecule has 21 heavy (non-hydrogen) atoms. The van der Waals surface area contributed by atoms with Crippen molar-refractivity contribution >= 4 is 10.1 Å². The predicted molar refractivity (Wildman–Crippen MR) is 79.1 cm³/mol. The number of piperazine rings is 1. The zero-order valence-electron chi connectivity index (χ0n) is 12.2. The minimum atomic E-state index is -4.13. The van der Waals surface area contributed by atoms with E-state index in [1.54, 1.807) is 30.3 Å². The van der Waals surface area contributed by atoms with Gasteiger partial charge in [0.15, 0.2) is 6.54 Å². The van der Waals surface area contributed by atoms with Crippen molar-refractivity contribution in [1.29, 1.82) is 5.26 Å². The highest BCUT2D eigenvalue weighted by Gasteiger charge is 2.23. The minimum absolute atomic E-state index is 0.423. The minimum Gasteiger partial charge on any atom is -0.748 e. The van der Waals surface area contributed by atoms with Gasteiger partial charge >= 0.3 is 0 Å². The van der Waals surface area contributed by atoms with E-state index in [1.807, 2.05) is 0 Å². The molecule has 0 amide bonds. The summed E-state index contributed by atoms with van der Waals surface area (Å²) in [6, 6.07) is 10.6. The van der Waals surface area contributed by atoms with Gasteiger partial charge in [-0.15, -0.1) is 0 Å². The highest BCUT2D eigenvalue weighted by molar-refractivity contribution is 7.84. The van der Waals surface area contributed by atoms with Gasteiger partial charge in [0.25, 0.3) is 0 Å². The first-order valence-corrected chi connectivity index (χ1v) is 8.31. The largest absolute Gasteiger partial charge is 0.748 e. The van der Waals surface area contributed by atoms with Crippen LogP contribution in [-0.2, 0) is 15.9 Å². The molecule has 0 bridgehead atoms. The van der Waals surface area contributed by atoms with Crippen LogP contribution in [0.15, 0.2) is 30.3 Å². The molecular formula is C14H21N3O3S. The van der Waals surface area contributed by atoms with Crippen molar-refractivity contribution in [3.63, 3.8) is 0 Å². The van der Waals surface area contributed by atoms with Crippen molar-refractivity contribution < 1.29 is 17.5 Å². The van der Waals surface area contributed by atoms with Crippen LogP contribution in [0.25, 0.3) is 0 Å². The number of quaternary nitrogens is 1. The highest BCUT2D eigenvalue weighted by Crippen LogP contribution is 2.03. The average Bonchev–Trinajstić information content (AvgIpc) is 2.39. The molecule has 0 aliphatic carbocycles. The van der Waals surface area contributed by atoms with Gasteiger partial charge in [0.2, 0.25) is 0 Å². The number of hydrogen-bond acceptors (Lipinski definition) is 5.